The Kier molecular flexibility index (Phi) is 8.16. The summed E-state index contributed by atoms with van der Waals surface area (Å²) in [6, 6.07) is 25.4. The lowest BCUT2D eigenvalue weighted by molar-refractivity contribution is -0.148. The Labute approximate surface area is 212 Å². The molecule has 5 heteroatoms. The number of fused-ring (bicyclic) bond motifs is 1. The van der Waals surface area contributed by atoms with Gasteiger partial charge in [0, 0.05) is 24.2 Å². The van der Waals surface area contributed by atoms with Gasteiger partial charge in [-0.25, -0.2) is 0 Å². The van der Waals surface area contributed by atoms with Crippen molar-refractivity contribution < 1.29 is 14.3 Å². The van der Waals surface area contributed by atoms with Gasteiger partial charge in [-0.2, -0.15) is 5.26 Å². The first-order chi connectivity index (χ1) is 17.6. The van der Waals surface area contributed by atoms with E-state index < -0.39 is 5.92 Å². The average molecular weight is 477 g/mol. The Morgan fingerprint density at radius 3 is 2.39 bits per heavy atom. The molecule has 4 rings (SSSR count). The molecule has 3 aromatic rings. The van der Waals surface area contributed by atoms with Crippen LogP contribution in [0.1, 0.15) is 46.7 Å². The predicted octanol–water partition coefficient (Wildman–Crippen LogP) is 4.65. The van der Waals surface area contributed by atoms with Gasteiger partial charge in [-0.15, -0.1) is 0 Å². The van der Waals surface area contributed by atoms with E-state index in [0.29, 0.717) is 31.7 Å². The van der Waals surface area contributed by atoms with Gasteiger partial charge in [0.2, 0.25) is 5.91 Å². The highest BCUT2D eigenvalue weighted by Crippen LogP contribution is 2.27. The lowest BCUT2D eigenvalue weighted by Crippen LogP contribution is -2.37. The molecule has 180 valence electrons. The monoisotopic (exact) mass is 476 g/mol. The third-order valence-electron chi connectivity index (χ3n) is 6.29. The first kappa shape index (κ1) is 24.8. The van der Waals surface area contributed by atoms with E-state index in [1.807, 2.05) is 53.4 Å². The zero-order chi connectivity index (χ0) is 25.3. The molecule has 0 aliphatic carbocycles. The number of rotatable bonds is 6. The summed E-state index contributed by atoms with van der Waals surface area (Å²) in [5.74, 6) is 5.50. The van der Waals surface area contributed by atoms with Crippen LogP contribution in [0.25, 0.3) is 0 Å². The first-order valence-corrected chi connectivity index (χ1v) is 12.2. The number of ether oxygens (including phenoxy) is 1. The molecule has 0 bridgehead atoms. The number of esters is 1. The minimum absolute atomic E-state index is 0.0135. The van der Waals surface area contributed by atoms with E-state index in [4.69, 9.17) is 10.00 Å². The van der Waals surface area contributed by atoms with Crippen molar-refractivity contribution in [2.45, 2.75) is 32.7 Å². The highest BCUT2D eigenvalue weighted by molar-refractivity contribution is 5.84. The fourth-order valence-corrected chi connectivity index (χ4v) is 4.39. The Morgan fingerprint density at radius 1 is 0.972 bits per heavy atom. The molecule has 0 spiro atoms. The predicted molar refractivity (Wildman–Crippen MR) is 138 cm³/mol. The molecule has 1 heterocycles. The molecule has 0 aromatic heterocycles. The van der Waals surface area contributed by atoms with E-state index in [9.17, 15) is 9.59 Å². The van der Waals surface area contributed by atoms with Crippen LogP contribution in [0.15, 0.2) is 72.8 Å². The topological polar surface area (TPSA) is 70.4 Å². The van der Waals surface area contributed by atoms with Crippen LogP contribution in [0.4, 0.5) is 0 Å². The molecule has 1 unspecified atom stereocenters. The molecule has 0 N–H and O–H groups in total. The summed E-state index contributed by atoms with van der Waals surface area (Å²) < 4.78 is 5.16. The summed E-state index contributed by atoms with van der Waals surface area (Å²) in [6.07, 6.45) is 1.29. The maximum Gasteiger partial charge on any atom is 0.306 e. The number of nitrogens with zero attached hydrogens (tertiary/aromatic N) is 2. The zero-order valence-electron chi connectivity index (χ0n) is 20.4. The molecule has 0 saturated carbocycles. The van der Waals surface area contributed by atoms with Crippen LogP contribution >= 0.6 is 0 Å². The Balaban J connectivity index is 1.58. The molecule has 0 radical (unpaired) electrons. The zero-order valence-corrected chi connectivity index (χ0v) is 20.4. The van der Waals surface area contributed by atoms with Crippen molar-refractivity contribution in [2.24, 2.45) is 5.92 Å². The van der Waals surface area contributed by atoms with Crippen molar-refractivity contribution >= 4 is 11.9 Å². The van der Waals surface area contributed by atoms with Gasteiger partial charge < -0.3 is 9.64 Å². The van der Waals surface area contributed by atoms with E-state index in [2.05, 4.69) is 30.0 Å². The summed E-state index contributed by atoms with van der Waals surface area (Å²) in [7, 11) is 0. The lowest BCUT2D eigenvalue weighted by atomic mass is 9.93. The number of carbonyl (C=O) groups excluding carboxylic acids is 2. The van der Waals surface area contributed by atoms with Crippen LogP contribution in [0.3, 0.4) is 0 Å². The Bertz CT molecular complexity index is 1330. The maximum atomic E-state index is 13.5. The number of nitriles is 1. The molecule has 1 aliphatic heterocycles. The van der Waals surface area contributed by atoms with Crippen molar-refractivity contribution in [3.8, 4) is 17.9 Å². The molecule has 1 aliphatic rings. The first-order valence-electron chi connectivity index (χ1n) is 12.2. The molecule has 1 amide bonds. The summed E-state index contributed by atoms with van der Waals surface area (Å²) in [5.41, 5.74) is 5.55. The second-order valence-corrected chi connectivity index (χ2v) is 8.83. The summed E-state index contributed by atoms with van der Waals surface area (Å²) in [4.78, 5) is 27.7. The maximum absolute atomic E-state index is 13.5. The van der Waals surface area contributed by atoms with Gasteiger partial charge in [0.15, 0.2) is 0 Å². The van der Waals surface area contributed by atoms with Crippen LogP contribution in [0, 0.1) is 29.1 Å². The second kappa shape index (κ2) is 11.9. The van der Waals surface area contributed by atoms with E-state index in [1.54, 1.807) is 19.1 Å². The standard InChI is InChI=1S/C31H28N2O3/c1-2-36-30(34)20-29-19-28-18-25(11-8-24-9-12-26(21-32)13-10-24)14-15-27(28)22-33(31(29)35)17-16-23-6-4-3-5-7-23/h3-7,9-10,12-15,18,29H,2,16-17,19-20,22H2,1H3. The van der Waals surface area contributed by atoms with Gasteiger partial charge in [-0.1, -0.05) is 48.2 Å². The van der Waals surface area contributed by atoms with Crippen LogP contribution in [0.2, 0.25) is 0 Å². The van der Waals surface area contributed by atoms with Crippen LogP contribution in [-0.2, 0) is 33.7 Å². The number of carbonyl (C=O) groups is 2. The van der Waals surface area contributed by atoms with Gasteiger partial charge >= 0.3 is 5.97 Å². The SMILES string of the molecule is CCOC(=O)CC1Cc2cc(C#Cc3ccc(C#N)cc3)ccc2CN(CCc2ccccc2)C1=O. The minimum atomic E-state index is -0.470. The fraction of sp³-hybridized carbons (Fsp3) is 0.258. The van der Waals surface area contributed by atoms with Gasteiger partial charge in [0.1, 0.15) is 0 Å². The smallest absolute Gasteiger partial charge is 0.306 e. The molecule has 1 atom stereocenters. The largest absolute Gasteiger partial charge is 0.466 e. The average Bonchev–Trinajstić information content (AvgIpc) is 3.03. The van der Waals surface area contributed by atoms with E-state index in [-0.39, 0.29) is 18.3 Å². The summed E-state index contributed by atoms with van der Waals surface area (Å²) >= 11 is 0. The third-order valence-corrected chi connectivity index (χ3v) is 6.29. The molecule has 0 saturated heterocycles. The Hall–Kier alpha value is -4.35. The number of hydrogen-bond acceptors (Lipinski definition) is 4. The van der Waals surface area contributed by atoms with Crippen molar-refractivity contribution in [1.82, 2.24) is 4.90 Å². The lowest BCUT2D eigenvalue weighted by Gasteiger charge is -2.24. The number of amides is 1. The van der Waals surface area contributed by atoms with E-state index in [1.165, 1.54) is 5.56 Å². The number of benzene rings is 3. The molecule has 5 nitrogen and oxygen atoms in total. The number of hydrogen-bond donors (Lipinski definition) is 0. The van der Waals surface area contributed by atoms with Gasteiger partial charge in [0.25, 0.3) is 0 Å². The van der Waals surface area contributed by atoms with Crippen molar-refractivity contribution in [3.63, 3.8) is 0 Å². The van der Waals surface area contributed by atoms with Crippen molar-refractivity contribution in [2.75, 3.05) is 13.2 Å². The normalized spacial score (nSPS) is 14.6. The van der Waals surface area contributed by atoms with Gasteiger partial charge in [0.05, 0.1) is 30.6 Å². The summed E-state index contributed by atoms with van der Waals surface area (Å²) in [5, 5.41) is 8.96. The van der Waals surface area contributed by atoms with E-state index >= 15 is 0 Å². The molecular weight excluding hydrogens is 448 g/mol. The van der Waals surface area contributed by atoms with Gasteiger partial charge in [-0.05, 0) is 72.9 Å². The fourth-order valence-electron chi connectivity index (χ4n) is 4.39. The van der Waals surface area contributed by atoms with Crippen LogP contribution in [0.5, 0.6) is 0 Å². The molecule has 3 aromatic carbocycles. The highest BCUT2D eigenvalue weighted by Gasteiger charge is 2.31. The quantitative estimate of drug-likeness (QED) is 0.383. The van der Waals surface area contributed by atoms with Crippen LogP contribution < -0.4 is 0 Å². The van der Waals surface area contributed by atoms with Crippen LogP contribution in [-0.4, -0.2) is 29.9 Å². The highest BCUT2D eigenvalue weighted by atomic mass is 16.5. The Morgan fingerprint density at radius 2 is 1.67 bits per heavy atom. The molecule has 36 heavy (non-hydrogen) atoms. The third kappa shape index (κ3) is 6.40. The second-order valence-electron chi connectivity index (χ2n) is 8.83. The van der Waals surface area contributed by atoms with E-state index in [0.717, 1.165) is 28.7 Å². The van der Waals surface area contributed by atoms with Crippen molar-refractivity contribution in [3.05, 3.63) is 106 Å². The minimum Gasteiger partial charge on any atom is -0.466 e. The molecule has 0 fully saturated rings. The van der Waals surface area contributed by atoms with Gasteiger partial charge in [-0.3, -0.25) is 9.59 Å². The molecular formula is C31H28N2O3. The van der Waals surface area contributed by atoms with Crippen molar-refractivity contribution in [1.29, 1.82) is 5.26 Å². The summed E-state index contributed by atoms with van der Waals surface area (Å²) in [6.45, 7) is 3.15.